The predicted molar refractivity (Wildman–Crippen MR) is 265 cm³/mol. The van der Waals surface area contributed by atoms with Crippen molar-refractivity contribution in [2.45, 2.75) is 38.9 Å². The standard InChI is InChI=1S/C32H29BO2.C26H17Cl/c1-31(2)32(3,4)35-33(34-31)24-16-12-15-23(21-24)30-27-19-10-8-17-25(27)29(22-13-6-5-7-14-22)26-18-9-11-20-28(26)30;27-20-12-8-11-19(17-20)26-23-15-6-4-13-21(23)25(18-9-2-1-3-10-18)22-14-5-7-16-24(22)26/h5-21H,1-4H3;1-17H/i5D,6D,7D,13D,14D;1D,2D,3D,9D,10D. The molecule has 10 aromatic carbocycles. The summed E-state index contributed by atoms with van der Waals surface area (Å²) >= 11 is 6.31. The zero-order valence-corrected chi connectivity index (χ0v) is 35.4. The smallest absolute Gasteiger partial charge is 0.399 e. The van der Waals surface area contributed by atoms with Gasteiger partial charge in [0.15, 0.2) is 0 Å². The largest absolute Gasteiger partial charge is 0.494 e. The van der Waals surface area contributed by atoms with Crippen LogP contribution in [0.1, 0.15) is 41.4 Å². The van der Waals surface area contributed by atoms with E-state index in [0.29, 0.717) is 16.1 Å². The maximum atomic E-state index is 8.73. The summed E-state index contributed by atoms with van der Waals surface area (Å²) in [7, 11) is -0.507. The molecule has 11 rings (SSSR count). The van der Waals surface area contributed by atoms with E-state index in [1.54, 1.807) is 0 Å². The average Bonchev–Trinajstić information content (AvgIpc) is 3.61. The number of hydrogen-bond acceptors (Lipinski definition) is 2. The van der Waals surface area contributed by atoms with Gasteiger partial charge < -0.3 is 9.31 Å². The van der Waals surface area contributed by atoms with E-state index in [1.807, 2.05) is 161 Å². The molecule has 0 atom stereocenters. The van der Waals surface area contributed by atoms with Crippen molar-refractivity contribution in [3.63, 3.8) is 0 Å². The van der Waals surface area contributed by atoms with Gasteiger partial charge in [-0.1, -0.05) is 205 Å². The zero-order valence-electron chi connectivity index (χ0n) is 44.6. The van der Waals surface area contributed by atoms with Crippen molar-refractivity contribution in [3.8, 4) is 44.5 Å². The van der Waals surface area contributed by atoms with Crippen LogP contribution in [0, 0.1) is 0 Å². The van der Waals surface area contributed by atoms with Crippen LogP contribution >= 0.6 is 11.6 Å². The third kappa shape index (κ3) is 7.07. The molecule has 4 heteroatoms. The first-order valence-corrected chi connectivity index (χ1v) is 20.9. The molecule has 1 aliphatic rings. The highest BCUT2D eigenvalue weighted by molar-refractivity contribution is 6.62. The number of halogens is 1. The van der Waals surface area contributed by atoms with Gasteiger partial charge >= 0.3 is 7.12 Å². The molecule has 1 saturated heterocycles. The van der Waals surface area contributed by atoms with Gasteiger partial charge in [0.1, 0.15) is 0 Å². The Bertz CT molecular complexity index is 3690. The van der Waals surface area contributed by atoms with Gasteiger partial charge in [-0.05, 0) is 133 Å². The number of rotatable bonds is 5. The molecule has 300 valence electrons. The van der Waals surface area contributed by atoms with Crippen molar-refractivity contribution in [2.24, 2.45) is 0 Å². The minimum absolute atomic E-state index is 0.205. The second-order valence-corrected chi connectivity index (χ2v) is 16.8. The molecule has 62 heavy (non-hydrogen) atoms. The lowest BCUT2D eigenvalue weighted by molar-refractivity contribution is 0.00578. The summed E-state index contributed by atoms with van der Waals surface area (Å²) < 4.78 is 96.3. The summed E-state index contributed by atoms with van der Waals surface area (Å²) in [6.45, 7) is 8.15. The molecule has 1 heterocycles. The van der Waals surface area contributed by atoms with Gasteiger partial charge in [0.2, 0.25) is 0 Å². The SMILES string of the molecule is [2H]c1c([2H])c([2H])c(-c2c3ccccc3c(-c3cccc(B4OC(C)(C)C(C)(C)O4)c3)c3ccccc23)c([2H])c1[2H].[2H]c1c([2H])c([2H])c(-c2c3ccccc3c(-c3cccc(Cl)c3)c3ccccc23)c([2H])c1[2H]. The summed E-state index contributed by atoms with van der Waals surface area (Å²) in [6, 6.07) is 44.1. The van der Waals surface area contributed by atoms with Crippen LogP contribution in [0.25, 0.3) is 87.6 Å². The summed E-state index contributed by atoms with van der Waals surface area (Å²) in [5, 5.41) is 7.60. The van der Waals surface area contributed by atoms with E-state index in [0.717, 1.165) is 70.8 Å². The van der Waals surface area contributed by atoms with E-state index in [-0.39, 0.29) is 59.5 Å². The highest BCUT2D eigenvalue weighted by atomic mass is 35.5. The van der Waals surface area contributed by atoms with Gasteiger partial charge in [-0.15, -0.1) is 0 Å². The lowest BCUT2D eigenvalue weighted by Gasteiger charge is -2.32. The van der Waals surface area contributed by atoms with Crippen LogP contribution in [0.4, 0.5) is 0 Å². The van der Waals surface area contributed by atoms with Gasteiger partial charge in [0, 0.05) is 5.02 Å². The first kappa shape index (κ1) is 29.7. The summed E-state index contributed by atoms with van der Waals surface area (Å²) in [5.74, 6) is 0. The van der Waals surface area contributed by atoms with Crippen molar-refractivity contribution >= 4 is 67.3 Å². The molecule has 0 unspecified atom stereocenters. The Morgan fingerprint density at radius 1 is 0.387 bits per heavy atom. The van der Waals surface area contributed by atoms with Crippen LogP contribution < -0.4 is 5.46 Å². The lowest BCUT2D eigenvalue weighted by Crippen LogP contribution is -2.41. The minimum atomic E-state index is -0.507. The van der Waals surface area contributed by atoms with Crippen molar-refractivity contribution in [1.82, 2.24) is 0 Å². The van der Waals surface area contributed by atoms with E-state index in [1.165, 1.54) is 0 Å². The molecule has 0 bridgehead atoms. The van der Waals surface area contributed by atoms with E-state index in [9.17, 15) is 0 Å². The van der Waals surface area contributed by atoms with Gasteiger partial charge in [-0.25, -0.2) is 0 Å². The second-order valence-electron chi connectivity index (χ2n) is 16.4. The van der Waals surface area contributed by atoms with E-state index in [4.69, 9.17) is 34.6 Å². The first-order chi connectivity index (χ1) is 34.3. The molecule has 0 radical (unpaired) electrons. The Balaban J connectivity index is 0.000000170. The fourth-order valence-electron chi connectivity index (χ4n) is 8.63. The Labute approximate surface area is 383 Å². The summed E-state index contributed by atoms with van der Waals surface area (Å²) in [6.07, 6.45) is 0. The molecule has 1 fully saturated rings. The van der Waals surface area contributed by atoms with E-state index >= 15 is 0 Å². The third-order valence-electron chi connectivity index (χ3n) is 12.2. The van der Waals surface area contributed by atoms with E-state index in [2.05, 4.69) is 12.1 Å². The molecule has 2 nitrogen and oxygen atoms in total. The highest BCUT2D eigenvalue weighted by Crippen LogP contribution is 2.45. The fourth-order valence-corrected chi connectivity index (χ4v) is 8.82. The molecular weight excluding hydrogens is 775 g/mol. The Morgan fingerprint density at radius 2 is 0.710 bits per heavy atom. The van der Waals surface area contributed by atoms with Gasteiger partial charge in [-0.3, -0.25) is 0 Å². The van der Waals surface area contributed by atoms with Crippen LogP contribution in [0.5, 0.6) is 0 Å². The first-order valence-electron chi connectivity index (χ1n) is 25.6. The highest BCUT2D eigenvalue weighted by Gasteiger charge is 2.51. The molecule has 0 aromatic heterocycles. The quantitative estimate of drug-likeness (QED) is 0.127. The third-order valence-corrected chi connectivity index (χ3v) is 12.4. The van der Waals surface area contributed by atoms with Crippen LogP contribution in [0.15, 0.2) is 206 Å². The van der Waals surface area contributed by atoms with E-state index < -0.39 is 30.4 Å². The zero-order chi connectivity index (χ0) is 51.1. The Morgan fingerprint density at radius 3 is 1.06 bits per heavy atom. The molecule has 1 aliphatic heterocycles. The Hall–Kier alpha value is -6.49. The number of benzene rings is 10. The number of hydrogen-bond donors (Lipinski definition) is 0. The molecule has 0 saturated carbocycles. The van der Waals surface area contributed by atoms with Gasteiger partial charge in [0.05, 0.1) is 24.9 Å². The maximum Gasteiger partial charge on any atom is 0.494 e. The minimum Gasteiger partial charge on any atom is -0.399 e. The van der Waals surface area contributed by atoms with Crippen LogP contribution in [-0.2, 0) is 9.31 Å². The molecule has 0 spiro atoms. The van der Waals surface area contributed by atoms with Crippen LogP contribution in [-0.4, -0.2) is 18.3 Å². The lowest BCUT2D eigenvalue weighted by atomic mass is 9.77. The Kier molecular flexibility index (Phi) is 7.71. The monoisotopic (exact) mass is 830 g/mol. The maximum absolute atomic E-state index is 8.73. The normalized spacial score (nSPS) is 16.6. The molecule has 0 amide bonds. The summed E-state index contributed by atoms with van der Waals surface area (Å²) in [5.41, 5.74) is 5.61. The summed E-state index contributed by atoms with van der Waals surface area (Å²) in [4.78, 5) is 0. The van der Waals surface area contributed by atoms with Crippen LogP contribution in [0.2, 0.25) is 5.02 Å². The van der Waals surface area contributed by atoms with Gasteiger partial charge in [-0.2, -0.15) is 0 Å². The van der Waals surface area contributed by atoms with Crippen molar-refractivity contribution in [1.29, 1.82) is 0 Å². The molecule has 0 aliphatic carbocycles. The topological polar surface area (TPSA) is 18.5 Å². The second kappa shape index (κ2) is 16.1. The average molecular weight is 831 g/mol. The predicted octanol–water partition coefficient (Wildman–Crippen LogP) is 15.6. The van der Waals surface area contributed by atoms with Crippen molar-refractivity contribution in [3.05, 3.63) is 211 Å². The van der Waals surface area contributed by atoms with Crippen molar-refractivity contribution < 1.29 is 23.0 Å². The molecular formula is C58H46BClO2. The van der Waals surface area contributed by atoms with Gasteiger partial charge in [0.25, 0.3) is 0 Å². The number of fused-ring (bicyclic) bond motifs is 4. The molecule has 0 N–H and O–H groups in total. The molecule has 10 aromatic rings. The van der Waals surface area contributed by atoms with Crippen molar-refractivity contribution in [2.75, 3.05) is 0 Å². The van der Waals surface area contributed by atoms with Crippen LogP contribution in [0.3, 0.4) is 0 Å². The fraction of sp³-hybridized carbons (Fsp3) is 0.103.